The summed E-state index contributed by atoms with van der Waals surface area (Å²) in [4.78, 5) is 10.4. The summed E-state index contributed by atoms with van der Waals surface area (Å²) >= 11 is 1.78. The fraction of sp³-hybridized carbons (Fsp3) is 0.750. The quantitative estimate of drug-likeness (QED) is 0.660. The summed E-state index contributed by atoms with van der Waals surface area (Å²) in [5.74, 6) is 1.40. The minimum absolute atomic E-state index is 0.495. The predicted molar refractivity (Wildman–Crippen MR) is 91.1 cm³/mol. The lowest BCUT2D eigenvalue weighted by atomic mass is 9.96. The summed E-state index contributed by atoms with van der Waals surface area (Å²) in [6.07, 6.45) is 6.56. The molecule has 0 atom stereocenters. The topological polar surface area (TPSA) is 49.3 Å². The summed E-state index contributed by atoms with van der Waals surface area (Å²) < 4.78 is 0. The molecule has 4 nitrogen and oxygen atoms in total. The van der Waals surface area contributed by atoms with Crippen molar-refractivity contribution in [3.63, 3.8) is 0 Å². The Morgan fingerprint density at radius 3 is 2.62 bits per heavy atom. The number of thiazole rings is 1. The number of hydrogen-bond donors (Lipinski definition) is 2. The highest BCUT2D eigenvalue weighted by Gasteiger charge is 2.15. The molecule has 0 radical (unpaired) electrons. The maximum atomic E-state index is 4.74. The first kappa shape index (κ1) is 16.3. The second kappa shape index (κ2) is 7.78. The highest BCUT2D eigenvalue weighted by atomic mass is 32.1. The summed E-state index contributed by atoms with van der Waals surface area (Å²) in [6.45, 7) is 7.31. The molecule has 0 aliphatic heterocycles. The van der Waals surface area contributed by atoms with Crippen molar-refractivity contribution in [2.75, 3.05) is 7.05 Å². The highest BCUT2D eigenvalue weighted by molar-refractivity contribution is 7.11. The van der Waals surface area contributed by atoms with Gasteiger partial charge in [0.25, 0.3) is 0 Å². The predicted octanol–water partition coefficient (Wildman–Crippen LogP) is 3.57. The second-order valence-corrected chi connectivity index (χ2v) is 7.40. The molecule has 1 aromatic heterocycles. The van der Waals surface area contributed by atoms with Gasteiger partial charge in [-0.1, -0.05) is 33.1 Å². The van der Waals surface area contributed by atoms with Gasteiger partial charge in [0.2, 0.25) is 0 Å². The van der Waals surface area contributed by atoms with Crippen molar-refractivity contribution >= 4 is 17.3 Å². The van der Waals surface area contributed by atoms with Crippen molar-refractivity contribution in [2.45, 2.75) is 71.4 Å². The lowest BCUT2D eigenvalue weighted by Gasteiger charge is -2.24. The SMILES string of the molecule is CN=C(NCc1nc(C(C)C)c(C)s1)NC1CCCCC1. The van der Waals surface area contributed by atoms with Crippen LogP contribution in [0.25, 0.3) is 0 Å². The van der Waals surface area contributed by atoms with Gasteiger partial charge >= 0.3 is 0 Å². The summed E-state index contributed by atoms with van der Waals surface area (Å²) in [5, 5.41) is 8.08. The molecule has 21 heavy (non-hydrogen) atoms. The van der Waals surface area contributed by atoms with E-state index in [4.69, 9.17) is 4.98 Å². The van der Waals surface area contributed by atoms with E-state index in [2.05, 4.69) is 36.4 Å². The maximum Gasteiger partial charge on any atom is 0.191 e. The molecule has 2 rings (SSSR count). The van der Waals surface area contributed by atoms with Crippen molar-refractivity contribution in [3.8, 4) is 0 Å². The third-order valence-corrected chi connectivity index (χ3v) is 4.99. The fourth-order valence-corrected chi connectivity index (χ4v) is 3.90. The number of nitrogens with one attached hydrogen (secondary N) is 2. The van der Waals surface area contributed by atoms with Gasteiger partial charge < -0.3 is 10.6 Å². The maximum absolute atomic E-state index is 4.74. The molecule has 0 unspecified atom stereocenters. The van der Waals surface area contributed by atoms with Gasteiger partial charge in [-0.2, -0.15) is 0 Å². The zero-order valence-electron chi connectivity index (χ0n) is 13.7. The average molecular weight is 308 g/mol. The number of hydrogen-bond acceptors (Lipinski definition) is 3. The first-order chi connectivity index (χ1) is 10.1. The van der Waals surface area contributed by atoms with Gasteiger partial charge in [0.05, 0.1) is 12.2 Å². The number of aromatic nitrogens is 1. The van der Waals surface area contributed by atoms with Crippen molar-refractivity contribution in [1.82, 2.24) is 15.6 Å². The Kier molecular flexibility index (Phi) is 6.03. The fourth-order valence-electron chi connectivity index (χ4n) is 2.87. The van der Waals surface area contributed by atoms with Gasteiger partial charge in [0, 0.05) is 18.0 Å². The Morgan fingerprint density at radius 1 is 1.33 bits per heavy atom. The van der Waals surface area contributed by atoms with Crippen LogP contribution in [-0.2, 0) is 6.54 Å². The van der Waals surface area contributed by atoms with Crippen molar-refractivity contribution in [2.24, 2.45) is 4.99 Å². The third kappa shape index (κ3) is 4.70. The minimum atomic E-state index is 0.495. The molecular weight excluding hydrogens is 280 g/mol. The first-order valence-corrected chi connectivity index (χ1v) is 8.85. The van der Waals surface area contributed by atoms with Gasteiger partial charge in [-0.3, -0.25) is 4.99 Å². The largest absolute Gasteiger partial charge is 0.354 e. The lowest BCUT2D eigenvalue weighted by molar-refractivity contribution is 0.410. The molecule has 0 amide bonds. The molecule has 0 bridgehead atoms. The standard InChI is InChI=1S/C16H28N4S/c1-11(2)15-12(3)21-14(20-15)10-18-16(17-4)19-13-8-6-5-7-9-13/h11,13H,5-10H2,1-4H3,(H2,17,18,19). The van der Waals surface area contributed by atoms with Crippen LogP contribution in [0.4, 0.5) is 0 Å². The van der Waals surface area contributed by atoms with E-state index >= 15 is 0 Å². The van der Waals surface area contributed by atoms with Gasteiger partial charge in [-0.25, -0.2) is 4.98 Å². The van der Waals surface area contributed by atoms with Crippen LogP contribution in [0.2, 0.25) is 0 Å². The molecule has 2 N–H and O–H groups in total. The van der Waals surface area contributed by atoms with E-state index < -0.39 is 0 Å². The van der Waals surface area contributed by atoms with Crippen LogP contribution in [0.15, 0.2) is 4.99 Å². The van der Waals surface area contributed by atoms with E-state index in [0.717, 1.165) is 17.5 Å². The normalized spacial score (nSPS) is 17.3. The van der Waals surface area contributed by atoms with Crippen LogP contribution in [0, 0.1) is 6.92 Å². The van der Waals surface area contributed by atoms with Gasteiger partial charge in [-0.05, 0) is 25.7 Å². The van der Waals surface area contributed by atoms with Crippen molar-refractivity contribution < 1.29 is 0 Å². The van der Waals surface area contributed by atoms with Crippen LogP contribution in [0.1, 0.15) is 67.4 Å². The Labute approximate surface area is 132 Å². The Bertz CT molecular complexity index is 473. The lowest BCUT2D eigenvalue weighted by Crippen LogP contribution is -2.43. The number of rotatable bonds is 4. The van der Waals surface area contributed by atoms with Crippen LogP contribution >= 0.6 is 11.3 Å². The molecule has 5 heteroatoms. The average Bonchev–Trinajstić information content (AvgIpc) is 2.86. The summed E-state index contributed by atoms with van der Waals surface area (Å²) in [5.41, 5.74) is 1.23. The molecule has 1 aliphatic carbocycles. The smallest absolute Gasteiger partial charge is 0.191 e. The molecular formula is C16H28N4S. The number of guanidine groups is 1. The van der Waals surface area contributed by atoms with E-state index in [1.165, 1.54) is 42.7 Å². The summed E-state index contributed by atoms with van der Waals surface area (Å²) in [6, 6.07) is 0.578. The molecule has 0 spiro atoms. The number of nitrogens with zero attached hydrogens (tertiary/aromatic N) is 2. The van der Waals surface area contributed by atoms with Crippen LogP contribution in [0.5, 0.6) is 0 Å². The molecule has 1 aromatic rings. The summed E-state index contributed by atoms with van der Waals surface area (Å²) in [7, 11) is 1.84. The molecule has 0 saturated heterocycles. The molecule has 1 aliphatic rings. The number of aliphatic imine (C=N–C) groups is 1. The van der Waals surface area contributed by atoms with Crippen molar-refractivity contribution in [1.29, 1.82) is 0 Å². The van der Waals surface area contributed by atoms with E-state index in [0.29, 0.717) is 12.0 Å². The van der Waals surface area contributed by atoms with E-state index in [1.54, 1.807) is 11.3 Å². The van der Waals surface area contributed by atoms with Gasteiger partial charge in [0.1, 0.15) is 5.01 Å². The minimum Gasteiger partial charge on any atom is -0.354 e. The molecule has 118 valence electrons. The number of aryl methyl sites for hydroxylation is 1. The van der Waals surface area contributed by atoms with E-state index in [9.17, 15) is 0 Å². The Balaban J connectivity index is 1.86. The third-order valence-electron chi connectivity index (χ3n) is 4.00. The molecule has 0 aromatic carbocycles. The van der Waals surface area contributed by atoms with E-state index in [-0.39, 0.29) is 0 Å². The van der Waals surface area contributed by atoms with Gasteiger partial charge in [-0.15, -0.1) is 11.3 Å². The van der Waals surface area contributed by atoms with Gasteiger partial charge in [0.15, 0.2) is 5.96 Å². The molecule has 1 saturated carbocycles. The second-order valence-electron chi connectivity index (χ2n) is 6.11. The monoisotopic (exact) mass is 308 g/mol. The first-order valence-electron chi connectivity index (χ1n) is 8.03. The van der Waals surface area contributed by atoms with Crippen molar-refractivity contribution in [3.05, 3.63) is 15.6 Å². The Hall–Kier alpha value is -1.10. The molecule has 1 fully saturated rings. The zero-order chi connectivity index (χ0) is 15.2. The van der Waals surface area contributed by atoms with Crippen LogP contribution < -0.4 is 10.6 Å². The highest BCUT2D eigenvalue weighted by Crippen LogP contribution is 2.24. The Morgan fingerprint density at radius 2 is 2.05 bits per heavy atom. The molecule has 1 heterocycles. The van der Waals surface area contributed by atoms with Crippen LogP contribution in [-0.4, -0.2) is 24.0 Å². The van der Waals surface area contributed by atoms with E-state index in [1.807, 2.05) is 7.05 Å². The zero-order valence-corrected chi connectivity index (χ0v) is 14.5. The van der Waals surface area contributed by atoms with Crippen LogP contribution in [0.3, 0.4) is 0 Å².